The van der Waals surface area contributed by atoms with E-state index in [9.17, 15) is 4.79 Å². The molecule has 1 amide bonds. The van der Waals surface area contributed by atoms with Gasteiger partial charge in [0.1, 0.15) is 5.75 Å². The maximum Gasteiger partial charge on any atom is 0.411 e. The third-order valence-electron chi connectivity index (χ3n) is 5.29. The van der Waals surface area contributed by atoms with Gasteiger partial charge in [0.15, 0.2) is 0 Å². The Morgan fingerprint density at radius 3 is 2.62 bits per heavy atom. The number of hydrogen-bond donors (Lipinski definition) is 2. The van der Waals surface area contributed by atoms with Crippen molar-refractivity contribution in [3.05, 3.63) is 42.5 Å². The molecule has 0 aliphatic heterocycles. The maximum atomic E-state index is 11.8. The van der Waals surface area contributed by atoms with Gasteiger partial charge >= 0.3 is 6.09 Å². The summed E-state index contributed by atoms with van der Waals surface area (Å²) in [5.41, 5.74) is 11.2. The Morgan fingerprint density at radius 1 is 1.21 bits per heavy atom. The van der Waals surface area contributed by atoms with Crippen molar-refractivity contribution < 1.29 is 14.3 Å². The average Bonchev–Trinajstić information content (AvgIpc) is 3.52. The number of nitrogens with two attached hydrogens (primary N) is 1. The SMILES string of the molecule is CCCOC(=O)Nc1ccc(-c2c(N)c3ccc(OC)cc3n2CC2CC2)cc1. The predicted octanol–water partition coefficient (Wildman–Crippen LogP) is 5.27. The summed E-state index contributed by atoms with van der Waals surface area (Å²) in [5, 5.41) is 3.79. The first-order valence-electron chi connectivity index (χ1n) is 10.1. The van der Waals surface area contributed by atoms with Crippen LogP contribution in [-0.4, -0.2) is 24.4 Å². The number of amides is 1. The molecule has 0 saturated heterocycles. The number of aromatic nitrogens is 1. The van der Waals surface area contributed by atoms with Gasteiger partial charge in [0, 0.05) is 29.2 Å². The molecule has 0 unspecified atom stereocenters. The highest BCUT2D eigenvalue weighted by Crippen LogP contribution is 2.41. The van der Waals surface area contributed by atoms with Gasteiger partial charge in [-0.2, -0.15) is 0 Å². The number of carbonyl (C=O) groups excluding carboxylic acids is 1. The summed E-state index contributed by atoms with van der Waals surface area (Å²) >= 11 is 0. The van der Waals surface area contributed by atoms with E-state index in [1.807, 2.05) is 43.3 Å². The lowest BCUT2D eigenvalue weighted by Gasteiger charge is -2.12. The zero-order valence-corrected chi connectivity index (χ0v) is 16.9. The van der Waals surface area contributed by atoms with Crippen LogP contribution < -0.4 is 15.8 Å². The molecule has 29 heavy (non-hydrogen) atoms. The number of rotatable bonds is 7. The minimum absolute atomic E-state index is 0.408. The number of anilines is 2. The second-order valence-electron chi connectivity index (χ2n) is 7.54. The van der Waals surface area contributed by atoms with Crippen LogP contribution in [0.5, 0.6) is 5.75 Å². The first-order valence-corrected chi connectivity index (χ1v) is 10.1. The summed E-state index contributed by atoms with van der Waals surface area (Å²) in [7, 11) is 1.68. The van der Waals surface area contributed by atoms with Gasteiger partial charge in [0.05, 0.1) is 30.6 Å². The summed E-state index contributed by atoms with van der Waals surface area (Å²) in [5.74, 6) is 1.52. The molecule has 2 aromatic carbocycles. The Balaban J connectivity index is 1.69. The minimum Gasteiger partial charge on any atom is -0.497 e. The number of carbonyl (C=O) groups is 1. The van der Waals surface area contributed by atoms with Gasteiger partial charge in [0.25, 0.3) is 0 Å². The summed E-state index contributed by atoms with van der Waals surface area (Å²) in [6.07, 6.45) is 2.87. The van der Waals surface area contributed by atoms with Crippen LogP contribution in [0.3, 0.4) is 0 Å². The largest absolute Gasteiger partial charge is 0.497 e. The Hall–Kier alpha value is -3.15. The highest BCUT2D eigenvalue weighted by molar-refractivity contribution is 6.01. The van der Waals surface area contributed by atoms with Crippen LogP contribution in [-0.2, 0) is 11.3 Å². The summed E-state index contributed by atoms with van der Waals surface area (Å²) < 4.78 is 12.8. The molecule has 1 heterocycles. The molecular formula is C23H27N3O3. The minimum atomic E-state index is -0.436. The fourth-order valence-electron chi connectivity index (χ4n) is 3.60. The van der Waals surface area contributed by atoms with Crippen molar-refractivity contribution in [3.8, 4) is 17.0 Å². The fraction of sp³-hybridized carbons (Fsp3) is 0.348. The molecule has 1 aliphatic carbocycles. The van der Waals surface area contributed by atoms with Gasteiger partial charge in [0.2, 0.25) is 0 Å². The lowest BCUT2D eigenvalue weighted by molar-refractivity contribution is 0.161. The predicted molar refractivity (Wildman–Crippen MR) is 116 cm³/mol. The van der Waals surface area contributed by atoms with E-state index in [2.05, 4.69) is 16.0 Å². The molecule has 3 aromatic rings. The number of benzene rings is 2. The van der Waals surface area contributed by atoms with Crippen molar-refractivity contribution in [2.75, 3.05) is 24.8 Å². The summed E-state index contributed by atoms with van der Waals surface area (Å²) in [6, 6.07) is 13.7. The Bertz CT molecular complexity index is 1020. The third-order valence-corrected chi connectivity index (χ3v) is 5.29. The molecule has 0 spiro atoms. The Labute approximate surface area is 170 Å². The quantitative estimate of drug-likeness (QED) is 0.573. The van der Waals surface area contributed by atoms with Gasteiger partial charge in [-0.15, -0.1) is 0 Å². The molecule has 152 valence electrons. The molecule has 0 bridgehead atoms. The van der Waals surface area contributed by atoms with Crippen LogP contribution in [0, 0.1) is 5.92 Å². The summed E-state index contributed by atoms with van der Waals surface area (Å²) in [6.45, 7) is 3.31. The van der Waals surface area contributed by atoms with Crippen LogP contribution >= 0.6 is 0 Å². The van der Waals surface area contributed by atoms with Crippen LogP contribution in [0.25, 0.3) is 22.2 Å². The van der Waals surface area contributed by atoms with Gasteiger partial charge in [-0.1, -0.05) is 19.1 Å². The van der Waals surface area contributed by atoms with Crippen LogP contribution in [0.15, 0.2) is 42.5 Å². The van der Waals surface area contributed by atoms with Crippen LogP contribution in [0.4, 0.5) is 16.2 Å². The molecule has 1 saturated carbocycles. The number of ether oxygens (including phenoxy) is 2. The van der Waals surface area contributed by atoms with Gasteiger partial charge in [-0.25, -0.2) is 4.79 Å². The monoisotopic (exact) mass is 393 g/mol. The van der Waals surface area contributed by atoms with Crippen molar-refractivity contribution in [1.29, 1.82) is 0 Å². The van der Waals surface area contributed by atoms with E-state index in [1.165, 1.54) is 12.8 Å². The fourth-order valence-corrected chi connectivity index (χ4v) is 3.60. The maximum absolute atomic E-state index is 11.8. The van der Waals surface area contributed by atoms with Crippen LogP contribution in [0.1, 0.15) is 26.2 Å². The molecule has 6 heteroatoms. The topological polar surface area (TPSA) is 78.5 Å². The zero-order chi connectivity index (χ0) is 20.4. The van der Waals surface area contributed by atoms with E-state index in [-0.39, 0.29) is 0 Å². The molecule has 3 N–H and O–H groups in total. The Kier molecular flexibility index (Phi) is 5.34. The molecule has 0 radical (unpaired) electrons. The van der Waals surface area contributed by atoms with Crippen molar-refractivity contribution >= 4 is 28.4 Å². The molecular weight excluding hydrogens is 366 g/mol. The lowest BCUT2D eigenvalue weighted by atomic mass is 10.1. The standard InChI is InChI=1S/C23H27N3O3/c1-3-12-29-23(27)25-17-8-6-16(7-9-17)22-21(24)19-11-10-18(28-2)13-20(19)26(22)14-15-4-5-15/h6-11,13,15H,3-5,12,14,24H2,1-2H3,(H,25,27). The molecule has 1 fully saturated rings. The van der Waals surface area contributed by atoms with E-state index >= 15 is 0 Å². The number of methoxy groups -OCH3 is 1. The van der Waals surface area contributed by atoms with E-state index in [4.69, 9.17) is 15.2 Å². The van der Waals surface area contributed by atoms with E-state index in [0.717, 1.165) is 46.6 Å². The zero-order valence-electron chi connectivity index (χ0n) is 16.9. The molecule has 1 aromatic heterocycles. The van der Waals surface area contributed by atoms with Crippen molar-refractivity contribution in [2.45, 2.75) is 32.7 Å². The van der Waals surface area contributed by atoms with Gasteiger partial charge in [-0.3, -0.25) is 5.32 Å². The second-order valence-corrected chi connectivity index (χ2v) is 7.54. The molecule has 4 rings (SSSR count). The smallest absolute Gasteiger partial charge is 0.411 e. The average molecular weight is 393 g/mol. The molecule has 0 atom stereocenters. The second kappa shape index (κ2) is 8.07. The van der Waals surface area contributed by atoms with E-state index in [0.29, 0.717) is 18.2 Å². The molecule has 1 aliphatic rings. The highest BCUT2D eigenvalue weighted by atomic mass is 16.5. The lowest BCUT2D eigenvalue weighted by Crippen LogP contribution is -2.13. The van der Waals surface area contributed by atoms with Crippen LogP contribution in [0.2, 0.25) is 0 Å². The summed E-state index contributed by atoms with van der Waals surface area (Å²) in [4.78, 5) is 11.8. The van der Waals surface area contributed by atoms with Crippen molar-refractivity contribution in [2.24, 2.45) is 5.92 Å². The van der Waals surface area contributed by atoms with Crippen molar-refractivity contribution in [1.82, 2.24) is 4.57 Å². The van der Waals surface area contributed by atoms with Gasteiger partial charge < -0.3 is 19.8 Å². The number of hydrogen-bond acceptors (Lipinski definition) is 4. The highest BCUT2D eigenvalue weighted by Gasteiger charge is 2.26. The normalized spacial score (nSPS) is 13.4. The first kappa shape index (κ1) is 19.2. The van der Waals surface area contributed by atoms with E-state index in [1.54, 1.807) is 7.11 Å². The van der Waals surface area contributed by atoms with E-state index < -0.39 is 6.09 Å². The number of nitrogens with zero attached hydrogens (tertiary/aromatic N) is 1. The number of fused-ring (bicyclic) bond motifs is 1. The Morgan fingerprint density at radius 2 is 1.97 bits per heavy atom. The van der Waals surface area contributed by atoms with Crippen molar-refractivity contribution in [3.63, 3.8) is 0 Å². The molecule has 6 nitrogen and oxygen atoms in total. The number of nitrogens with one attached hydrogen (secondary N) is 1. The first-order chi connectivity index (χ1) is 14.1. The third kappa shape index (κ3) is 4.01. The van der Waals surface area contributed by atoms with Gasteiger partial charge in [-0.05, 0) is 49.4 Å². The number of nitrogen functional groups attached to an aromatic ring is 1.